The number of rotatable bonds is 2. The maximum Gasteiger partial charge on any atom is 0.249 e. The van der Waals surface area contributed by atoms with E-state index >= 15 is 0 Å². The molecule has 0 atom stereocenters. The molecule has 2 aromatic heterocycles. The van der Waals surface area contributed by atoms with Gasteiger partial charge in [0, 0.05) is 35.3 Å². The van der Waals surface area contributed by atoms with Crippen LogP contribution in [-0.2, 0) is 6.54 Å². The first-order valence-electron chi connectivity index (χ1n) is 6.27. The lowest BCUT2D eigenvalue weighted by Gasteiger charge is -2.09. The smallest absolute Gasteiger partial charge is 0.249 e. The topological polar surface area (TPSA) is 71.8 Å². The van der Waals surface area contributed by atoms with Crippen molar-refractivity contribution in [3.63, 3.8) is 0 Å². The maximum atomic E-state index is 14.2. The van der Waals surface area contributed by atoms with Gasteiger partial charge in [-0.25, -0.2) is 13.8 Å². The van der Waals surface area contributed by atoms with Crippen molar-refractivity contribution in [2.75, 3.05) is 0 Å². The third-order valence-corrected chi connectivity index (χ3v) is 3.31. The average Bonchev–Trinajstić information content (AvgIpc) is 2.49. The molecule has 4 nitrogen and oxygen atoms in total. The molecule has 7 heteroatoms. The van der Waals surface area contributed by atoms with Crippen molar-refractivity contribution in [2.24, 2.45) is 5.73 Å². The number of hydrogen-bond acceptors (Lipinski definition) is 3. The van der Waals surface area contributed by atoms with Crippen molar-refractivity contribution in [2.45, 2.75) is 6.54 Å². The van der Waals surface area contributed by atoms with Crippen LogP contribution in [0.5, 0.6) is 0 Å². The SMILES string of the molecule is Cl.NCc1ccc(-c2ccnc3[nH]c(=O)ccc23)c(F)c1F. The van der Waals surface area contributed by atoms with E-state index < -0.39 is 11.6 Å². The van der Waals surface area contributed by atoms with Gasteiger partial charge in [-0.1, -0.05) is 12.1 Å². The Labute approximate surface area is 130 Å². The van der Waals surface area contributed by atoms with Crippen molar-refractivity contribution in [3.8, 4) is 11.1 Å². The molecule has 22 heavy (non-hydrogen) atoms. The van der Waals surface area contributed by atoms with Crippen molar-refractivity contribution in [1.82, 2.24) is 9.97 Å². The van der Waals surface area contributed by atoms with Gasteiger partial charge in [0.05, 0.1) is 0 Å². The van der Waals surface area contributed by atoms with E-state index in [1.54, 1.807) is 6.07 Å². The number of nitrogens with two attached hydrogens (primary N) is 1. The van der Waals surface area contributed by atoms with Gasteiger partial charge in [-0.15, -0.1) is 12.4 Å². The number of hydrogen-bond donors (Lipinski definition) is 2. The summed E-state index contributed by atoms with van der Waals surface area (Å²) in [4.78, 5) is 17.9. The molecule has 0 aliphatic rings. The molecule has 0 saturated carbocycles. The fourth-order valence-electron chi connectivity index (χ4n) is 2.25. The Hall–Kier alpha value is -2.31. The minimum atomic E-state index is -0.961. The fraction of sp³-hybridized carbons (Fsp3) is 0.0667. The Balaban J connectivity index is 0.00000176. The van der Waals surface area contributed by atoms with E-state index in [0.717, 1.165) is 0 Å². The number of aromatic nitrogens is 2. The number of benzene rings is 1. The number of fused-ring (bicyclic) bond motifs is 1. The molecule has 0 amide bonds. The summed E-state index contributed by atoms with van der Waals surface area (Å²) in [6, 6.07) is 7.34. The fourth-order valence-corrected chi connectivity index (χ4v) is 2.25. The molecule has 0 spiro atoms. The third kappa shape index (κ3) is 2.58. The highest BCUT2D eigenvalue weighted by atomic mass is 35.5. The van der Waals surface area contributed by atoms with Gasteiger partial charge in [0.15, 0.2) is 11.6 Å². The van der Waals surface area contributed by atoms with E-state index in [1.165, 1.54) is 30.5 Å². The van der Waals surface area contributed by atoms with Gasteiger partial charge in [0.2, 0.25) is 5.56 Å². The maximum absolute atomic E-state index is 14.2. The Morgan fingerprint density at radius 3 is 2.55 bits per heavy atom. The van der Waals surface area contributed by atoms with E-state index in [0.29, 0.717) is 16.6 Å². The van der Waals surface area contributed by atoms with Crippen LogP contribution in [0.2, 0.25) is 0 Å². The van der Waals surface area contributed by atoms with E-state index in [2.05, 4.69) is 9.97 Å². The Morgan fingerprint density at radius 2 is 1.82 bits per heavy atom. The molecule has 3 aromatic rings. The normalized spacial score (nSPS) is 10.5. The van der Waals surface area contributed by atoms with Gasteiger partial charge < -0.3 is 10.7 Å². The standard InChI is InChI=1S/C15H11F2N3O.ClH/c16-13-8(7-18)1-2-10(14(13)17)9-5-6-19-15-11(9)3-4-12(21)20-15;/h1-6H,7,18H2,(H,19,20,21);1H. The van der Waals surface area contributed by atoms with Crippen molar-refractivity contribution in [3.05, 3.63) is 64.1 Å². The van der Waals surface area contributed by atoms with E-state index in [9.17, 15) is 13.6 Å². The lowest BCUT2D eigenvalue weighted by Crippen LogP contribution is -2.05. The van der Waals surface area contributed by atoms with Crippen LogP contribution in [0, 0.1) is 11.6 Å². The van der Waals surface area contributed by atoms with Gasteiger partial charge in [-0.2, -0.15) is 0 Å². The molecule has 0 fully saturated rings. The highest BCUT2D eigenvalue weighted by Crippen LogP contribution is 2.30. The third-order valence-electron chi connectivity index (χ3n) is 3.31. The van der Waals surface area contributed by atoms with Crippen LogP contribution in [0.3, 0.4) is 0 Å². The molecule has 1 aromatic carbocycles. The number of nitrogens with one attached hydrogen (secondary N) is 1. The molecule has 0 aliphatic heterocycles. The monoisotopic (exact) mass is 323 g/mol. The summed E-state index contributed by atoms with van der Waals surface area (Å²) in [6.07, 6.45) is 1.43. The predicted molar refractivity (Wildman–Crippen MR) is 82.9 cm³/mol. The van der Waals surface area contributed by atoms with E-state index in [-0.39, 0.29) is 35.6 Å². The Morgan fingerprint density at radius 1 is 1.05 bits per heavy atom. The second kappa shape index (κ2) is 6.21. The number of aromatic amines is 1. The first kappa shape index (κ1) is 16.1. The summed E-state index contributed by atoms with van der Waals surface area (Å²) < 4.78 is 28.1. The van der Waals surface area contributed by atoms with Crippen LogP contribution in [0.25, 0.3) is 22.2 Å². The lowest BCUT2D eigenvalue weighted by atomic mass is 10.0. The molecule has 3 rings (SSSR count). The average molecular weight is 324 g/mol. The number of halogens is 3. The first-order valence-corrected chi connectivity index (χ1v) is 6.27. The van der Waals surface area contributed by atoms with Crippen LogP contribution >= 0.6 is 12.4 Å². The second-order valence-electron chi connectivity index (χ2n) is 4.55. The van der Waals surface area contributed by atoms with Crippen LogP contribution in [0.15, 0.2) is 41.3 Å². The molecule has 2 heterocycles. The van der Waals surface area contributed by atoms with Gasteiger partial charge in [-0.05, 0) is 17.7 Å². The summed E-state index contributed by atoms with van der Waals surface area (Å²) in [5, 5.41) is 0.538. The van der Waals surface area contributed by atoms with Gasteiger partial charge in [0.1, 0.15) is 5.65 Å². The molecule has 0 unspecified atom stereocenters. The highest BCUT2D eigenvalue weighted by Gasteiger charge is 2.16. The number of pyridine rings is 2. The van der Waals surface area contributed by atoms with Gasteiger partial charge >= 0.3 is 0 Å². The van der Waals surface area contributed by atoms with Crippen molar-refractivity contribution < 1.29 is 8.78 Å². The predicted octanol–water partition coefficient (Wildman–Crippen LogP) is 2.75. The summed E-state index contributed by atoms with van der Waals surface area (Å²) in [5.74, 6) is -1.92. The van der Waals surface area contributed by atoms with Gasteiger partial charge in [0.25, 0.3) is 0 Å². The molecule has 0 radical (unpaired) electrons. The first-order chi connectivity index (χ1) is 10.1. The highest BCUT2D eigenvalue weighted by molar-refractivity contribution is 5.92. The zero-order valence-corrected chi connectivity index (χ0v) is 12.1. The van der Waals surface area contributed by atoms with E-state index in [4.69, 9.17) is 5.73 Å². The summed E-state index contributed by atoms with van der Waals surface area (Å²) in [6.45, 7) is -0.0759. The number of nitrogens with zero attached hydrogens (tertiary/aromatic N) is 1. The summed E-state index contributed by atoms with van der Waals surface area (Å²) >= 11 is 0. The number of H-pyrrole nitrogens is 1. The lowest BCUT2D eigenvalue weighted by molar-refractivity contribution is 0.502. The van der Waals surface area contributed by atoms with Crippen LogP contribution < -0.4 is 11.3 Å². The summed E-state index contributed by atoms with van der Waals surface area (Å²) in [7, 11) is 0. The molecule has 0 aliphatic carbocycles. The Kier molecular flexibility index (Phi) is 4.54. The summed E-state index contributed by atoms with van der Waals surface area (Å²) in [5.41, 5.74) is 6.04. The van der Waals surface area contributed by atoms with Crippen LogP contribution in [0.4, 0.5) is 8.78 Å². The van der Waals surface area contributed by atoms with Crippen molar-refractivity contribution >= 4 is 23.4 Å². The molecule has 3 N–H and O–H groups in total. The minimum absolute atomic E-state index is 0. The van der Waals surface area contributed by atoms with Gasteiger partial charge in [-0.3, -0.25) is 4.79 Å². The molecule has 114 valence electrons. The van der Waals surface area contributed by atoms with Crippen molar-refractivity contribution in [1.29, 1.82) is 0 Å². The quantitative estimate of drug-likeness (QED) is 0.761. The molecule has 0 saturated heterocycles. The molecular weight excluding hydrogens is 312 g/mol. The molecular formula is C15H12ClF2N3O. The zero-order valence-electron chi connectivity index (χ0n) is 11.3. The zero-order chi connectivity index (χ0) is 15.0. The van der Waals surface area contributed by atoms with Crippen LogP contribution in [-0.4, -0.2) is 9.97 Å². The van der Waals surface area contributed by atoms with E-state index in [1.807, 2.05) is 0 Å². The molecule has 0 bridgehead atoms. The van der Waals surface area contributed by atoms with Crippen LogP contribution in [0.1, 0.15) is 5.56 Å². The minimum Gasteiger partial charge on any atom is -0.326 e. The Bertz CT molecular complexity index is 896. The second-order valence-corrected chi connectivity index (χ2v) is 4.55. The largest absolute Gasteiger partial charge is 0.326 e.